The van der Waals surface area contributed by atoms with E-state index in [-0.39, 0.29) is 17.9 Å². The zero-order valence-electron chi connectivity index (χ0n) is 12.3. The number of aryl methyl sites for hydroxylation is 1. The lowest BCUT2D eigenvalue weighted by Crippen LogP contribution is -2.41. The Morgan fingerprint density at radius 3 is 2.76 bits per heavy atom. The molecule has 1 aromatic carbocycles. The summed E-state index contributed by atoms with van der Waals surface area (Å²) in [5.41, 5.74) is 7.16. The van der Waals surface area contributed by atoms with Crippen molar-refractivity contribution in [2.45, 2.75) is 19.9 Å². The van der Waals surface area contributed by atoms with Crippen molar-refractivity contribution in [2.75, 3.05) is 25.1 Å². The number of primary amides is 1. The van der Waals surface area contributed by atoms with Crippen LogP contribution in [0.2, 0.25) is 0 Å². The molecule has 114 valence electrons. The third-order valence-corrected chi connectivity index (χ3v) is 3.65. The molecule has 0 saturated carbocycles. The number of likely N-dealkylation sites (N-methyl/N-ethyl adjacent to an activating group) is 1. The fourth-order valence-corrected chi connectivity index (χ4v) is 2.46. The van der Waals surface area contributed by atoms with Crippen molar-refractivity contribution in [3.8, 4) is 0 Å². The summed E-state index contributed by atoms with van der Waals surface area (Å²) in [6.07, 6.45) is 0. The number of ether oxygens (including phenoxy) is 1. The van der Waals surface area contributed by atoms with Gasteiger partial charge in [0.05, 0.1) is 19.1 Å². The van der Waals surface area contributed by atoms with Gasteiger partial charge in [0.1, 0.15) is 0 Å². The first kappa shape index (κ1) is 15.5. The lowest BCUT2D eigenvalue weighted by Gasteiger charge is -2.18. The van der Waals surface area contributed by atoms with Gasteiger partial charge in [-0.15, -0.1) is 0 Å². The maximum Gasteiger partial charge on any atom is 0.248 e. The van der Waals surface area contributed by atoms with Crippen LogP contribution in [0.15, 0.2) is 18.2 Å². The van der Waals surface area contributed by atoms with E-state index in [4.69, 9.17) is 10.5 Å². The van der Waals surface area contributed by atoms with Crippen molar-refractivity contribution in [3.05, 3.63) is 29.3 Å². The Bertz CT molecular complexity index is 545. The van der Waals surface area contributed by atoms with Gasteiger partial charge < -0.3 is 21.1 Å². The van der Waals surface area contributed by atoms with Crippen LogP contribution < -0.4 is 16.4 Å². The molecule has 2 atom stereocenters. The molecular weight excluding hydrogens is 270 g/mol. The minimum absolute atomic E-state index is 0.0419. The predicted molar refractivity (Wildman–Crippen MR) is 80.1 cm³/mol. The Hall–Kier alpha value is -1.92. The first-order chi connectivity index (χ1) is 10.0. The second-order valence-corrected chi connectivity index (χ2v) is 5.19. The summed E-state index contributed by atoms with van der Waals surface area (Å²) in [5, 5.41) is 6.15. The Balaban J connectivity index is 2.07. The summed E-state index contributed by atoms with van der Waals surface area (Å²) < 4.78 is 5.38. The highest BCUT2D eigenvalue weighted by Gasteiger charge is 2.33. The second-order valence-electron chi connectivity index (χ2n) is 5.19. The largest absolute Gasteiger partial charge is 0.379 e. The molecule has 0 aliphatic carbocycles. The average molecular weight is 291 g/mol. The summed E-state index contributed by atoms with van der Waals surface area (Å²) in [4.78, 5) is 23.5. The SMILES string of the molecule is CCNC1COCC1C(=O)Nc1ccc(C(N)=O)cc1C. The first-order valence-electron chi connectivity index (χ1n) is 7.05. The third-order valence-electron chi connectivity index (χ3n) is 3.65. The molecule has 6 nitrogen and oxygen atoms in total. The molecule has 0 spiro atoms. The van der Waals surface area contributed by atoms with Crippen LogP contribution in [-0.2, 0) is 9.53 Å². The quantitative estimate of drug-likeness (QED) is 0.743. The van der Waals surface area contributed by atoms with Crippen LogP contribution in [-0.4, -0.2) is 37.6 Å². The molecule has 6 heteroatoms. The Labute approximate surface area is 124 Å². The van der Waals surface area contributed by atoms with Crippen LogP contribution in [0.3, 0.4) is 0 Å². The van der Waals surface area contributed by atoms with E-state index < -0.39 is 5.91 Å². The monoisotopic (exact) mass is 291 g/mol. The number of carbonyl (C=O) groups is 2. The number of hydrogen-bond donors (Lipinski definition) is 3. The number of benzene rings is 1. The van der Waals surface area contributed by atoms with Crippen LogP contribution in [0.1, 0.15) is 22.8 Å². The number of carbonyl (C=O) groups excluding carboxylic acids is 2. The minimum Gasteiger partial charge on any atom is -0.379 e. The second kappa shape index (κ2) is 6.69. The molecule has 1 aromatic rings. The lowest BCUT2D eigenvalue weighted by molar-refractivity contribution is -0.120. The fourth-order valence-electron chi connectivity index (χ4n) is 2.46. The standard InChI is InChI=1S/C15H21N3O3/c1-3-17-13-8-21-7-11(13)15(20)18-12-5-4-10(14(16)19)6-9(12)2/h4-6,11,13,17H,3,7-8H2,1-2H3,(H2,16,19)(H,18,20). The van der Waals surface area contributed by atoms with Gasteiger partial charge in [0.2, 0.25) is 11.8 Å². The maximum atomic E-state index is 12.3. The highest BCUT2D eigenvalue weighted by atomic mass is 16.5. The van der Waals surface area contributed by atoms with Crippen molar-refractivity contribution in [3.63, 3.8) is 0 Å². The molecule has 1 saturated heterocycles. The molecule has 0 bridgehead atoms. The summed E-state index contributed by atoms with van der Waals surface area (Å²) in [7, 11) is 0. The maximum absolute atomic E-state index is 12.3. The van der Waals surface area contributed by atoms with Crippen molar-refractivity contribution < 1.29 is 14.3 Å². The molecule has 21 heavy (non-hydrogen) atoms. The summed E-state index contributed by atoms with van der Waals surface area (Å²) >= 11 is 0. The molecule has 2 rings (SSSR count). The number of anilines is 1. The van der Waals surface area contributed by atoms with E-state index >= 15 is 0 Å². The summed E-state index contributed by atoms with van der Waals surface area (Å²) in [6, 6.07) is 5.02. The van der Waals surface area contributed by atoms with E-state index in [1.165, 1.54) is 0 Å². The highest BCUT2D eigenvalue weighted by Crippen LogP contribution is 2.20. The van der Waals surface area contributed by atoms with Gasteiger partial charge >= 0.3 is 0 Å². The van der Waals surface area contributed by atoms with E-state index in [1.807, 2.05) is 13.8 Å². The van der Waals surface area contributed by atoms with E-state index in [2.05, 4.69) is 10.6 Å². The van der Waals surface area contributed by atoms with Crippen LogP contribution in [0.25, 0.3) is 0 Å². The van der Waals surface area contributed by atoms with E-state index in [1.54, 1.807) is 18.2 Å². The van der Waals surface area contributed by atoms with E-state index in [0.29, 0.717) is 24.5 Å². The normalized spacial score (nSPS) is 21.2. The number of nitrogens with two attached hydrogens (primary N) is 1. The Kier molecular flexibility index (Phi) is 4.93. The van der Waals surface area contributed by atoms with E-state index in [0.717, 1.165) is 12.1 Å². The van der Waals surface area contributed by atoms with Crippen LogP contribution >= 0.6 is 0 Å². The molecule has 0 radical (unpaired) electrons. The fraction of sp³-hybridized carbons (Fsp3) is 0.467. The molecule has 2 amide bonds. The van der Waals surface area contributed by atoms with E-state index in [9.17, 15) is 9.59 Å². The van der Waals surface area contributed by atoms with Gasteiger partial charge in [-0.1, -0.05) is 6.92 Å². The van der Waals surface area contributed by atoms with Crippen molar-refractivity contribution in [2.24, 2.45) is 11.7 Å². The van der Waals surface area contributed by atoms with Crippen LogP contribution in [0.4, 0.5) is 5.69 Å². The molecule has 1 aliphatic rings. The van der Waals surface area contributed by atoms with Crippen molar-refractivity contribution in [1.29, 1.82) is 0 Å². The zero-order chi connectivity index (χ0) is 15.4. The van der Waals surface area contributed by atoms with Gasteiger partial charge in [-0.25, -0.2) is 0 Å². The van der Waals surface area contributed by atoms with Gasteiger partial charge in [-0.05, 0) is 37.2 Å². The zero-order valence-corrected chi connectivity index (χ0v) is 12.3. The van der Waals surface area contributed by atoms with Gasteiger partial charge in [0.15, 0.2) is 0 Å². The van der Waals surface area contributed by atoms with Gasteiger partial charge in [-0.2, -0.15) is 0 Å². The molecular formula is C15H21N3O3. The van der Waals surface area contributed by atoms with Crippen LogP contribution in [0, 0.1) is 12.8 Å². The summed E-state index contributed by atoms with van der Waals surface area (Å²) in [6.45, 7) is 5.59. The van der Waals surface area contributed by atoms with Crippen LogP contribution in [0.5, 0.6) is 0 Å². The molecule has 0 aromatic heterocycles. The number of amides is 2. The van der Waals surface area contributed by atoms with Gasteiger partial charge in [0.25, 0.3) is 0 Å². The molecule has 4 N–H and O–H groups in total. The number of nitrogens with one attached hydrogen (secondary N) is 2. The smallest absolute Gasteiger partial charge is 0.248 e. The molecule has 1 fully saturated rings. The lowest BCUT2D eigenvalue weighted by atomic mass is 10.0. The van der Waals surface area contributed by atoms with Crippen molar-refractivity contribution >= 4 is 17.5 Å². The first-order valence-corrected chi connectivity index (χ1v) is 7.05. The highest BCUT2D eigenvalue weighted by molar-refractivity contribution is 5.96. The Morgan fingerprint density at radius 2 is 2.14 bits per heavy atom. The van der Waals surface area contributed by atoms with Gasteiger partial charge in [-0.3, -0.25) is 9.59 Å². The molecule has 2 unspecified atom stereocenters. The number of hydrogen-bond acceptors (Lipinski definition) is 4. The summed E-state index contributed by atoms with van der Waals surface area (Å²) in [5.74, 6) is -0.763. The molecule has 1 aliphatic heterocycles. The van der Waals surface area contributed by atoms with Crippen molar-refractivity contribution in [1.82, 2.24) is 5.32 Å². The predicted octanol–water partition coefficient (Wildman–Crippen LogP) is 0.657. The molecule has 1 heterocycles. The average Bonchev–Trinajstić information content (AvgIpc) is 2.89. The topological polar surface area (TPSA) is 93.4 Å². The minimum atomic E-state index is -0.479. The van der Waals surface area contributed by atoms with Gasteiger partial charge in [0, 0.05) is 17.3 Å². The third kappa shape index (κ3) is 3.59. The Morgan fingerprint density at radius 1 is 1.38 bits per heavy atom. The number of rotatable bonds is 5.